The summed E-state index contributed by atoms with van der Waals surface area (Å²) in [6, 6.07) is 8.43. The van der Waals surface area contributed by atoms with Crippen LogP contribution in [-0.2, 0) is 0 Å². The van der Waals surface area contributed by atoms with Crippen LogP contribution < -0.4 is 10.6 Å². The van der Waals surface area contributed by atoms with Gasteiger partial charge in [0.1, 0.15) is 12.1 Å². The number of anilines is 1. The van der Waals surface area contributed by atoms with Crippen LogP contribution in [0, 0.1) is 0 Å². The second kappa shape index (κ2) is 5.14. The van der Waals surface area contributed by atoms with E-state index in [-0.39, 0.29) is 0 Å². The molecule has 2 aromatic heterocycles. The molecule has 1 saturated heterocycles. The van der Waals surface area contributed by atoms with Crippen molar-refractivity contribution in [3.8, 4) is 5.82 Å². The molecule has 0 spiro atoms. The van der Waals surface area contributed by atoms with E-state index in [9.17, 15) is 0 Å². The summed E-state index contributed by atoms with van der Waals surface area (Å²) in [6.45, 7) is 2.02. The van der Waals surface area contributed by atoms with Gasteiger partial charge in [0.25, 0.3) is 0 Å². The van der Waals surface area contributed by atoms with Crippen LogP contribution in [0.1, 0.15) is 6.42 Å². The first-order valence-electron chi connectivity index (χ1n) is 7.12. The minimum Gasteiger partial charge on any atom is -0.365 e. The Balaban J connectivity index is 1.68. The largest absolute Gasteiger partial charge is 0.365 e. The van der Waals surface area contributed by atoms with Crippen molar-refractivity contribution in [2.75, 3.05) is 18.4 Å². The zero-order chi connectivity index (χ0) is 14.1. The fourth-order valence-corrected chi connectivity index (χ4v) is 2.67. The van der Waals surface area contributed by atoms with Crippen molar-refractivity contribution in [3.63, 3.8) is 0 Å². The van der Waals surface area contributed by atoms with Gasteiger partial charge >= 0.3 is 0 Å². The van der Waals surface area contributed by atoms with Crippen molar-refractivity contribution in [2.24, 2.45) is 0 Å². The van der Waals surface area contributed by atoms with Crippen LogP contribution in [0.2, 0.25) is 0 Å². The Morgan fingerprint density at radius 1 is 1.24 bits per heavy atom. The molecule has 1 aliphatic heterocycles. The molecule has 1 aromatic carbocycles. The summed E-state index contributed by atoms with van der Waals surface area (Å²) in [6.07, 6.45) is 6.42. The van der Waals surface area contributed by atoms with E-state index < -0.39 is 0 Å². The first-order chi connectivity index (χ1) is 10.4. The lowest BCUT2D eigenvalue weighted by atomic mass is 10.3. The minimum atomic E-state index is 0.425. The van der Waals surface area contributed by atoms with E-state index in [0.29, 0.717) is 6.04 Å². The molecule has 0 amide bonds. The van der Waals surface area contributed by atoms with E-state index in [1.165, 1.54) is 0 Å². The molecule has 6 heteroatoms. The highest BCUT2D eigenvalue weighted by Crippen LogP contribution is 2.17. The van der Waals surface area contributed by atoms with Gasteiger partial charge in [0.2, 0.25) is 0 Å². The summed E-state index contributed by atoms with van der Waals surface area (Å²) >= 11 is 0. The van der Waals surface area contributed by atoms with Crippen LogP contribution in [0.3, 0.4) is 0 Å². The Morgan fingerprint density at radius 2 is 2.19 bits per heavy atom. The molecule has 3 heterocycles. The van der Waals surface area contributed by atoms with E-state index >= 15 is 0 Å². The van der Waals surface area contributed by atoms with Gasteiger partial charge in [-0.15, -0.1) is 0 Å². The molecule has 1 atom stereocenters. The van der Waals surface area contributed by atoms with Gasteiger partial charge in [0.15, 0.2) is 5.82 Å². The van der Waals surface area contributed by atoms with Crippen molar-refractivity contribution in [1.29, 1.82) is 0 Å². The molecule has 0 radical (unpaired) electrons. The third-order valence-corrected chi connectivity index (χ3v) is 3.73. The molecule has 21 heavy (non-hydrogen) atoms. The molecule has 0 aliphatic carbocycles. The van der Waals surface area contributed by atoms with Crippen molar-refractivity contribution >= 4 is 16.9 Å². The lowest BCUT2D eigenvalue weighted by Gasteiger charge is -2.12. The van der Waals surface area contributed by atoms with Gasteiger partial charge in [0.05, 0.1) is 23.4 Å². The predicted molar refractivity (Wildman–Crippen MR) is 81.6 cm³/mol. The van der Waals surface area contributed by atoms with Gasteiger partial charge in [-0.05, 0) is 25.1 Å². The van der Waals surface area contributed by atoms with Crippen LogP contribution >= 0.6 is 0 Å². The van der Waals surface area contributed by atoms with Crippen LogP contribution in [0.25, 0.3) is 16.9 Å². The van der Waals surface area contributed by atoms with Crippen molar-refractivity contribution in [2.45, 2.75) is 12.5 Å². The summed E-state index contributed by atoms with van der Waals surface area (Å²) in [7, 11) is 0. The normalized spacial score (nSPS) is 18.2. The lowest BCUT2D eigenvalue weighted by Crippen LogP contribution is -2.23. The number of para-hydroxylation sites is 2. The molecule has 1 unspecified atom stereocenters. The highest BCUT2D eigenvalue weighted by Gasteiger charge is 2.15. The fourth-order valence-electron chi connectivity index (χ4n) is 2.67. The van der Waals surface area contributed by atoms with Crippen LogP contribution in [0.15, 0.2) is 43.0 Å². The molecule has 3 aromatic rings. The Hall–Kier alpha value is -2.47. The number of rotatable bonds is 3. The summed E-state index contributed by atoms with van der Waals surface area (Å²) < 4.78 is 1.96. The van der Waals surface area contributed by atoms with E-state index in [0.717, 1.165) is 42.2 Å². The summed E-state index contributed by atoms with van der Waals surface area (Å²) in [4.78, 5) is 13.3. The Labute approximate surface area is 122 Å². The number of benzene rings is 1. The number of nitrogens with one attached hydrogen (secondary N) is 2. The zero-order valence-corrected chi connectivity index (χ0v) is 11.5. The van der Waals surface area contributed by atoms with Gasteiger partial charge in [0, 0.05) is 12.6 Å². The number of hydrogen-bond acceptors (Lipinski definition) is 5. The molecule has 0 saturated carbocycles. The molecule has 1 aliphatic rings. The quantitative estimate of drug-likeness (QED) is 0.762. The maximum atomic E-state index is 4.65. The maximum Gasteiger partial charge on any atom is 0.159 e. The average molecular weight is 280 g/mol. The summed E-state index contributed by atoms with van der Waals surface area (Å²) in [5.74, 6) is 1.58. The van der Waals surface area contributed by atoms with Gasteiger partial charge in [-0.1, -0.05) is 12.1 Å². The maximum absolute atomic E-state index is 4.65. The van der Waals surface area contributed by atoms with Crippen LogP contribution in [-0.4, -0.2) is 38.7 Å². The van der Waals surface area contributed by atoms with Crippen molar-refractivity contribution in [1.82, 2.24) is 24.8 Å². The van der Waals surface area contributed by atoms with Gasteiger partial charge in [-0.2, -0.15) is 0 Å². The first-order valence-corrected chi connectivity index (χ1v) is 7.12. The minimum absolute atomic E-state index is 0.425. The first kappa shape index (κ1) is 12.3. The van der Waals surface area contributed by atoms with Gasteiger partial charge in [-0.25, -0.2) is 9.97 Å². The molecule has 6 nitrogen and oxygen atoms in total. The van der Waals surface area contributed by atoms with Gasteiger partial charge in [-0.3, -0.25) is 9.55 Å². The van der Waals surface area contributed by atoms with Gasteiger partial charge < -0.3 is 10.6 Å². The van der Waals surface area contributed by atoms with E-state index in [1.807, 2.05) is 28.8 Å². The average Bonchev–Trinajstić information content (AvgIpc) is 3.16. The SMILES string of the molecule is c1ccc2c(c1)ncn2-c1cncc(NC2CCNC2)n1. The smallest absolute Gasteiger partial charge is 0.159 e. The van der Waals surface area contributed by atoms with Crippen molar-refractivity contribution < 1.29 is 0 Å². The molecule has 1 fully saturated rings. The number of nitrogens with zero attached hydrogens (tertiary/aromatic N) is 4. The summed E-state index contributed by atoms with van der Waals surface area (Å²) in [5, 5.41) is 6.75. The summed E-state index contributed by atoms with van der Waals surface area (Å²) in [5.41, 5.74) is 1.99. The third-order valence-electron chi connectivity index (χ3n) is 3.73. The standard InChI is InChI=1S/C15H16N6/c1-2-4-13-12(3-1)18-10-21(13)15-9-17-8-14(20-15)19-11-5-6-16-7-11/h1-4,8-11,16H,5-7H2,(H,19,20). The number of hydrogen-bond donors (Lipinski definition) is 2. The topological polar surface area (TPSA) is 67.7 Å². The highest BCUT2D eigenvalue weighted by atomic mass is 15.2. The molecule has 2 N–H and O–H groups in total. The fraction of sp³-hybridized carbons (Fsp3) is 0.267. The monoisotopic (exact) mass is 280 g/mol. The van der Waals surface area contributed by atoms with Crippen LogP contribution in [0.4, 0.5) is 5.82 Å². The molecule has 106 valence electrons. The number of fused-ring (bicyclic) bond motifs is 1. The van der Waals surface area contributed by atoms with E-state index in [4.69, 9.17) is 0 Å². The van der Waals surface area contributed by atoms with E-state index in [1.54, 1.807) is 18.7 Å². The molecular formula is C15H16N6. The molecule has 0 bridgehead atoms. The number of aromatic nitrogens is 4. The predicted octanol–water partition coefficient (Wildman–Crippen LogP) is 1.59. The third kappa shape index (κ3) is 2.34. The Morgan fingerprint density at radius 3 is 3.10 bits per heavy atom. The zero-order valence-electron chi connectivity index (χ0n) is 11.5. The molecular weight excluding hydrogens is 264 g/mol. The Bertz CT molecular complexity index is 759. The Kier molecular flexibility index (Phi) is 3.01. The second-order valence-corrected chi connectivity index (χ2v) is 5.20. The van der Waals surface area contributed by atoms with Crippen molar-refractivity contribution in [3.05, 3.63) is 43.0 Å². The van der Waals surface area contributed by atoms with Crippen LogP contribution in [0.5, 0.6) is 0 Å². The van der Waals surface area contributed by atoms with E-state index in [2.05, 4.69) is 25.6 Å². The second-order valence-electron chi connectivity index (χ2n) is 5.20. The molecule has 4 rings (SSSR count). The number of imidazole rings is 1. The highest BCUT2D eigenvalue weighted by molar-refractivity contribution is 5.76. The lowest BCUT2D eigenvalue weighted by molar-refractivity contribution is 0.785.